The van der Waals surface area contributed by atoms with Crippen LogP contribution in [0.25, 0.3) is 10.9 Å². The van der Waals surface area contributed by atoms with Gasteiger partial charge in [-0.25, -0.2) is 9.97 Å². The summed E-state index contributed by atoms with van der Waals surface area (Å²) in [6, 6.07) is 9.60. The largest absolute Gasteiger partial charge is 0.382 e. The van der Waals surface area contributed by atoms with E-state index in [0.29, 0.717) is 5.82 Å². The summed E-state index contributed by atoms with van der Waals surface area (Å²) in [5, 5.41) is 7.21. The van der Waals surface area contributed by atoms with Crippen LogP contribution in [0.2, 0.25) is 0 Å². The van der Waals surface area contributed by atoms with Gasteiger partial charge in [0.25, 0.3) is 0 Å². The Bertz CT molecular complexity index is 482. The van der Waals surface area contributed by atoms with Gasteiger partial charge in [0, 0.05) is 17.8 Å². The van der Waals surface area contributed by atoms with Crippen LogP contribution in [0.15, 0.2) is 49.1 Å². The van der Waals surface area contributed by atoms with Crippen molar-refractivity contribution in [2.24, 2.45) is 0 Å². The highest BCUT2D eigenvalue weighted by atomic mass is 15.1. The molecule has 16 heavy (non-hydrogen) atoms. The van der Waals surface area contributed by atoms with Crippen LogP contribution < -0.4 is 5.73 Å². The lowest BCUT2D eigenvalue weighted by Crippen LogP contribution is -1.81. The topological polar surface area (TPSA) is 80.5 Å². The van der Waals surface area contributed by atoms with Crippen LogP contribution in [0.4, 0.5) is 5.82 Å². The Morgan fingerprint density at radius 3 is 2.62 bits per heavy atom. The van der Waals surface area contributed by atoms with Crippen molar-refractivity contribution in [2.75, 3.05) is 5.73 Å². The maximum atomic E-state index is 5.14. The molecule has 0 atom stereocenters. The number of aromatic nitrogens is 4. The lowest BCUT2D eigenvalue weighted by atomic mass is 10.2. The molecule has 0 bridgehead atoms. The number of rotatable bonds is 0. The van der Waals surface area contributed by atoms with Crippen LogP contribution >= 0.6 is 0 Å². The Morgan fingerprint density at radius 2 is 2.00 bits per heavy atom. The van der Waals surface area contributed by atoms with E-state index in [1.54, 1.807) is 18.6 Å². The van der Waals surface area contributed by atoms with E-state index in [2.05, 4.69) is 20.2 Å². The minimum atomic E-state index is 0.537. The molecule has 0 radical (unpaired) electrons. The molecule has 1 aromatic carbocycles. The van der Waals surface area contributed by atoms with Crippen LogP contribution in [0.3, 0.4) is 0 Å². The molecular formula is C11H11N5. The van der Waals surface area contributed by atoms with Gasteiger partial charge < -0.3 is 5.73 Å². The summed E-state index contributed by atoms with van der Waals surface area (Å²) in [6.07, 6.45) is 5.04. The van der Waals surface area contributed by atoms with Gasteiger partial charge in [0.05, 0.1) is 5.52 Å². The molecular weight excluding hydrogens is 202 g/mol. The molecule has 3 N–H and O–H groups in total. The summed E-state index contributed by atoms with van der Waals surface area (Å²) < 4.78 is 0. The molecule has 0 aliphatic carbocycles. The number of hydrogen-bond acceptors (Lipinski definition) is 4. The second kappa shape index (κ2) is 4.88. The van der Waals surface area contributed by atoms with E-state index >= 15 is 0 Å². The number of anilines is 1. The fraction of sp³-hybridized carbons (Fsp3) is 0. The second-order valence-electron chi connectivity index (χ2n) is 3.08. The number of aromatic amines is 1. The Hall–Kier alpha value is -2.43. The smallest absolute Gasteiger partial charge is 0.145 e. The Kier molecular flexibility index (Phi) is 3.08. The van der Waals surface area contributed by atoms with Gasteiger partial charge in [-0.1, -0.05) is 18.2 Å². The molecule has 5 heteroatoms. The van der Waals surface area contributed by atoms with Crippen molar-refractivity contribution < 1.29 is 0 Å². The zero-order valence-corrected chi connectivity index (χ0v) is 8.54. The molecule has 5 nitrogen and oxygen atoms in total. The van der Waals surface area contributed by atoms with Crippen molar-refractivity contribution in [1.82, 2.24) is 20.2 Å². The van der Waals surface area contributed by atoms with E-state index in [-0.39, 0.29) is 0 Å². The highest BCUT2D eigenvalue weighted by molar-refractivity contribution is 5.76. The number of nitrogens with one attached hydrogen (secondary N) is 1. The number of nitrogens with zero attached hydrogens (tertiary/aromatic N) is 3. The number of H-pyrrole nitrogens is 1. The molecule has 0 aliphatic heterocycles. The maximum absolute atomic E-state index is 5.14. The Labute approximate surface area is 92.4 Å². The minimum absolute atomic E-state index is 0.537. The van der Waals surface area contributed by atoms with E-state index in [1.165, 1.54) is 0 Å². The summed E-state index contributed by atoms with van der Waals surface area (Å²) in [6.45, 7) is 0. The van der Waals surface area contributed by atoms with Gasteiger partial charge in [-0.3, -0.25) is 5.10 Å². The summed E-state index contributed by atoms with van der Waals surface area (Å²) in [5.74, 6) is 0.537. The first-order valence-corrected chi connectivity index (χ1v) is 4.76. The standard InChI is InChI=1S/C8H6N2.C3H5N3/c1-2-4-8-7(3-1)5-9-6-10-8;4-3-1-2-5-6-3/h1-6H;1-2H,(H3,4,5,6). The lowest BCUT2D eigenvalue weighted by molar-refractivity contribution is 1.10. The normalized spacial score (nSPS) is 9.50. The van der Waals surface area contributed by atoms with E-state index in [1.807, 2.05) is 30.5 Å². The van der Waals surface area contributed by atoms with Gasteiger partial charge in [-0.2, -0.15) is 5.10 Å². The number of benzene rings is 1. The van der Waals surface area contributed by atoms with Crippen molar-refractivity contribution >= 4 is 16.7 Å². The molecule has 0 saturated heterocycles. The number of para-hydroxylation sites is 1. The third-order valence-corrected chi connectivity index (χ3v) is 1.94. The summed E-state index contributed by atoms with van der Waals surface area (Å²) >= 11 is 0. The molecule has 0 spiro atoms. The van der Waals surface area contributed by atoms with Crippen LogP contribution in [-0.2, 0) is 0 Å². The third kappa shape index (κ3) is 2.54. The van der Waals surface area contributed by atoms with Gasteiger partial charge in [0.15, 0.2) is 0 Å². The fourth-order valence-corrected chi connectivity index (χ4v) is 1.20. The second-order valence-corrected chi connectivity index (χ2v) is 3.08. The van der Waals surface area contributed by atoms with Gasteiger partial charge >= 0.3 is 0 Å². The fourth-order valence-electron chi connectivity index (χ4n) is 1.20. The number of fused-ring (bicyclic) bond motifs is 1. The zero-order valence-electron chi connectivity index (χ0n) is 8.54. The molecule has 2 aromatic heterocycles. The molecule has 80 valence electrons. The molecule has 0 saturated carbocycles. The van der Waals surface area contributed by atoms with E-state index < -0.39 is 0 Å². The van der Waals surface area contributed by atoms with Crippen molar-refractivity contribution in [2.45, 2.75) is 0 Å². The van der Waals surface area contributed by atoms with Crippen LogP contribution in [0.1, 0.15) is 0 Å². The Balaban J connectivity index is 0.000000138. The molecule has 0 fully saturated rings. The first-order valence-electron chi connectivity index (χ1n) is 4.76. The highest BCUT2D eigenvalue weighted by Gasteiger charge is 1.87. The van der Waals surface area contributed by atoms with E-state index in [4.69, 9.17) is 5.73 Å². The molecule has 2 heterocycles. The highest BCUT2D eigenvalue weighted by Crippen LogP contribution is 2.06. The average molecular weight is 213 g/mol. The maximum Gasteiger partial charge on any atom is 0.145 e. The summed E-state index contributed by atoms with van der Waals surface area (Å²) in [5.41, 5.74) is 6.13. The van der Waals surface area contributed by atoms with Gasteiger partial charge in [0.2, 0.25) is 0 Å². The number of hydrogen-bond donors (Lipinski definition) is 2. The first-order chi connectivity index (χ1) is 7.86. The molecule has 0 unspecified atom stereocenters. The van der Waals surface area contributed by atoms with E-state index in [9.17, 15) is 0 Å². The minimum Gasteiger partial charge on any atom is -0.382 e. The van der Waals surface area contributed by atoms with Crippen molar-refractivity contribution in [3.63, 3.8) is 0 Å². The van der Waals surface area contributed by atoms with Crippen molar-refractivity contribution in [3.8, 4) is 0 Å². The summed E-state index contributed by atoms with van der Waals surface area (Å²) in [7, 11) is 0. The first kappa shape index (κ1) is 10.1. The monoisotopic (exact) mass is 213 g/mol. The van der Waals surface area contributed by atoms with Crippen molar-refractivity contribution in [3.05, 3.63) is 49.1 Å². The quantitative estimate of drug-likeness (QED) is 0.594. The predicted molar refractivity (Wildman–Crippen MR) is 62.5 cm³/mol. The van der Waals surface area contributed by atoms with E-state index in [0.717, 1.165) is 10.9 Å². The predicted octanol–water partition coefficient (Wildman–Crippen LogP) is 1.62. The van der Waals surface area contributed by atoms with Gasteiger partial charge in [-0.15, -0.1) is 0 Å². The van der Waals surface area contributed by atoms with Crippen LogP contribution in [-0.4, -0.2) is 20.2 Å². The SMILES string of the molecule is Nc1cc[nH]n1.c1ccc2ncncc2c1. The van der Waals surface area contributed by atoms with Gasteiger partial charge in [0.1, 0.15) is 12.1 Å². The number of nitrogens with two attached hydrogens (primary N) is 1. The van der Waals surface area contributed by atoms with Crippen LogP contribution in [0.5, 0.6) is 0 Å². The molecule has 0 amide bonds. The zero-order chi connectivity index (χ0) is 11.2. The van der Waals surface area contributed by atoms with Gasteiger partial charge in [-0.05, 0) is 12.1 Å². The average Bonchev–Trinajstić information content (AvgIpc) is 2.81. The summed E-state index contributed by atoms with van der Waals surface area (Å²) in [4.78, 5) is 7.97. The van der Waals surface area contributed by atoms with Crippen molar-refractivity contribution in [1.29, 1.82) is 0 Å². The molecule has 3 aromatic rings. The molecule has 0 aliphatic rings. The van der Waals surface area contributed by atoms with Crippen LogP contribution in [0, 0.1) is 0 Å². The lowest BCUT2D eigenvalue weighted by Gasteiger charge is -1.90. The third-order valence-electron chi connectivity index (χ3n) is 1.94. The molecule has 3 rings (SSSR count). The number of nitrogen functional groups attached to an aromatic ring is 1. The Morgan fingerprint density at radius 1 is 1.12 bits per heavy atom.